The zero-order chi connectivity index (χ0) is 16.4. The molecule has 23 heavy (non-hydrogen) atoms. The fourth-order valence-corrected chi connectivity index (χ4v) is 2.69. The number of para-hydroxylation sites is 2. The summed E-state index contributed by atoms with van der Waals surface area (Å²) >= 11 is 12.3. The van der Waals surface area contributed by atoms with Gasteiger partial charge in [0.15, 0.2) is 5.58 Å². The topological polar surface area (TPSA) is 63.3 Å². The summed E-state index contributed by atoms with van der Waals surface area (Å²) in [5.74, 6) is -0.758. The molecule has 1 N–H and O–H groups in total. The van der Waals surface area contributed by atoms with E-state index in [0.717, 1.165) is 0 Å². The molecule has 6 heteroatoms. The van der Waals surface area contributed by atoms with Crippen molar-refractivity contribution in [2.24, 2.45) is 0 Å². The summed E-state index contributed by atoms with van der Waals surface area (Å²) in [6.45, 7) is 0. The molecule has 0 unspecified atom stereocenters. The third kappa shape index (κ3) is 3.38. The Morgan fingerprint density at radius 2 is 1.83 bits per heavy atom. The maximum absolute atomic E-state index is 11.2. The van der Waals surface area contributed by atoms with Crippen molar-refractivity contribution >= 4 is 51.9 Å². The van der Waals surface area contributed by atoms with Crippen molar-refractivity contribution in [2.45, 2.75) is 6.42 Å². The number of hydrogen-bond acceptors (Lipinski definition) is 3. The van der Waals surface area contributed by atoms with Crippen LogP contribution in [0.3, 0.4) is 0 Å². The summed E-state index contributed by atoms with van der Waals surface area (Å²) in [5, 5.41) is 10.0. The average molecular weight is 348 g/mol. The molecule has 4 nitrogen and oxygen atoms in total. The number of rotatable bonds is 4. The van der Waals surface area contributed by atoms with Crippen LogP contribution in [-0.2, 0) is 4.79 Å². The van der Waals surface area contributed by atoms with Gasteiger partial charge in [-0.1, -0.05) is 41.4 Å². The Balaban J connectivity index is 2.14. The van der Waals surface area contributed by atoms with Gasteiger partial charge in [0.1, 0.15) is 5.52 Å². The lowest BCUT2D eigenvalue weighted by molar-refractivity contribution is -0.135. The second-order valence-electron chi connectivity index (χ2n) is 4.86. The van der Waals surface area contributed by atoms with E-state index in [1.807, 2.05) is 12.1 Å². The molecule has 0 saturated heterocycles. The molecule has 3 aromatic rings. The molecule has 0 bridgehead atoms. The van der Waals surface area contributed by atoms with Gasteiger partial charge in [-0.15, -0.1) is 0 Å². The highest BCUT2D eigenvalue weighted by Crippen LogP contribution is 2.31. The summed E-state index contributed by atoms with van der Waals surface area (Å²) in [6, 6.07) is 12.3. The molecule has 1 heterocycles. The van der Waals surface area contributed by atoms with Gasteiger partial charge in [0.05, 0.1) is 6.42 Å². The first kappa shape index (κ1) is 15.6. The Labute approximate surface area is 142 Å². The number of oxazole rings is 1. The van der Waals surface area contributed by atoms with Gasteiger partial charge in [-0.2, -0.15) is 0 Å². The molecule has 0 fully saturated rings. The molecule has 0 radical (unpaired) electrons. The van der Waals surface area contributed by atoms with E-state index in [0.29, 0.717) is 32.3 Å². The molecule has 0 spiro atoms. The van der Waals surface area contributed by atoms with Crippen LogP contribution in [0.2, 0.25) is 10.0 Å². The molecule has 0 aliphatic rings. The number of aromatic nitrogens is 1. The third-order valence-electron chi connectivity index (χ3n) is 3.23. The Bertz CT molecular complexity index is 862. The molecule has 3 rings (SSSR count). The normalized spacial score (nSPS) is 11.8. The number of hydrogen-bond donors (Lipinski definition) is 1. The molecule has 0 amide bonds. The van der Waals surface area contributed by atoms with E-state index < -0.39 is 5.97 Å². The zero-order valence-corrected chi connectivity index (χ0v) is 13.3. The van der Waals surface area contributed by atoms with Gasteiger partial charge in [-0.05, 0) is 30.3 Å². The molecule has 1 aromatic heterocycles. The summed E-state index contributed by atoms with van der Waals surface area (Å²) < 4.78 is 5.65. The summed E-state index contributed by atoms with van der Waals surface area (Å²) in [7, 11) is 0. The average Bonchev–Trinajstić information content (AvgIpc) is 2.93. The van der Waals surface area contributed by atoms with E-state index in [1.54, 1.807) is 36.4 Å². The Morgan fingerprint density at radius 3 is 2.48 bits per heavy atom. The van der Waals surface area contributed by atoms with Crippen molar-refractivity contribution in [3.8, 4) is 0 Å². The maximum Gasteiger partial charge on any atom is 0.308 e. The van der Waals surface area contributed by atoms with E-state index in [9.17, 15) is 4.79 Å². The second kappa shape index (κ2) is 6.44. The van der Waals surface area contributed by atoms with Gasteiger partial charge < -0.3 is 9.52 Å². The van der Waals surface area contributed by atoms with Crippen molar-refractivity contribution in [3.63, 3.8) is 0 Å². The minimum absolute atomic E-state index is 0.240. The molecule has 116 valence electrons. The van der Waals surface area contributed by atoms with Gasteiger partial charge in [-0.3, -0.25) is 4.79 Å². The van der Waals surface area contributed by atoms with Gasteiger partial charge in [0.2, 0.25) is 5.89 Å². The predicted octanol–water partition coefficient (Wildman–Crippen LogP) is 5.15. The van der Waals surface area contributed by atoms with Crippen LogP contribution in [0, 0.1) is 0 Å². The van der Waals surface area contributed by atoms with E-state index in [2.05, 4.69) is 4.98 Å². The summed E-state index contributed by atoms with van der Waals surface area (Å²) in [4.78, 5) is 15.5. The quantitative estimate of drug-likeness (QED) is 0.708. The van der Waals surface area contributed by atoms with Gasteiger partial charge >= 0.3 is 5.97 Å². The monoisotopic (exact) mass is 347 g/mol. The second-order valence-corrected chi connectivity index (χ2v) is 5.68. The van der Waals surface area contributed by atoms with Gasteiger partial charge in [-0.25, -0.2) is 4.98 Å². The number of halogens is 2. The number of carbonyl (C=O) groups is 1. The Kier molecular flexibility index (Phi) is 4.37. The van der Waals surface area contributed by atoms with Gasteiger partial charge in [0, 0.05) is 21.2 Å². The van der Waals surface area contributed by atoms with Crippen LogP contribution in [0.1, 0.15) is 17.9 Å². The van der Waals surface area contributed by atoms with Crippen molar-refractivity contribution in [2.75, 3.05) is 0 Å². The van der Waals surface area contributed by atoms with Crippen molar-refractivity contribution in [3.05, 3.63) is 64.0 Å². The van der Waals surface area contributed by atoms with Crippen molar-refractivity contribution in [1.82, 2.24) is 4.98 Å². The molecular formula is C17H11Cl2NO3. The highest BCUT2D eigenvalue weighted by molar-refractivity contribution is 6.37. The molecule has 0 aliphatic heterocycles. The summed E-state index contributed by atoms with van der Waals surface area (Å²) in [6.07, 6.45) is 1.35. The largest absolute Gasteiger partial charge is 0.481 e. The van der Waals surface area contributed by atoms with E-state index in [-0.39, 0.29) is 12.3 Å². The van der Waals surface area contributed by atoms with Crippen LogP contribution in [0.5, 0.6) is 0 Å². The number of carboxylic acids is 1. The Hall–Kier alpha value is -2.30. The van der Waals surface area contributed by atoms with Crippen LogP contribution in [0.25, 0.3) is 22.7 Å². The highest BCUT2D eigenvalue weighted by Gasteiger charge is 2.15. The lowest BCUT2D eigenvalue weighted by atomic mass is 10.1. The minimum Gasteiger partial charge on any atom is -0.481 e. The molecular weight excluding hydrogens is 337 g/mol. The first-order chi connectivity index (χ1) is 11.0. The fourth-order valence-electron chi connectivity index (χ4n) is 2.18. The van der Waals surface area contributed by atoms with Crippen LogP contribution in [0.4, 0.5) is 0 Å². The lowest BCUT2D eigenvalue weighted by Crippen LogP contribution is -1.97. The zero-order valence-electron chi connectivity index (χ0n) is 11.8. The fraction of sp³-hybridized carbons (Fsp3) is 0.0588. The molecule has 0 aliphatic carbocycles. The van der Waals surface area contributed by atoms with E-state index >= 15 is 0 Å². The van der Waals surface area contributed by atoms with Crippen molar-refractivity contribution in [1.29, 1.82) is 0 Å². The number of nitrogens with zero attached hydrogens (tertiary/aromatic N) is 1. The van der Waals surface area contributed by atoms with Crippen LogP contribution >= 0.6 is 23.2 Å². The van der Waals surface area contributed by atoms with Crippen LogP contribution in [0.15, 0.2) is 46.9 Å². The minimum atomic E-state index is -0.998. The standard InChI is InChI=1S/C17H11Cl2NO3/c18-12-4-3-5-13(19)11(12)8-10(9-16(21)22)17-20-14-6-1-2-7-15(14)23-17/h1-8H,9H2,(H,21,22). The lowest BCUT2D eigenvalue weighted by Gasteiger charge is -2.04. The molecule has 0 saturated carbocycles. The number of benzene rings is 2. The van der Waals surface area contributed by atoms with E-state index in [4.69, 9.17) is 32.7 Å². The summed E-state index contributed by atoms with van der Waals surface area (Å²) in [5.41, 5.74) is 2.17. The third-order valence-corrected chi connectivity index (χ3v) is 3.89. The first-order valence-corrected chi connectivity index (χ1v) is 7.52. The van der Waals surface area contributed by atoms with Crippen molar-refractivity contribution < 1.29 is 14.3 Å². The number of aliphatic carboxylic acids is 1. The molecule has 0 atom stereocenters. The van der Waals surface area contributed by atoms with E-state index in [1.165, 1.54) is 0 Å². The SMILES string of the molecule is O=C(O)CC(=Cc1c(Cl)cccc1Cl)c1nc2ccccc2o1. The Morgan fingerprint density at radius 1 is 1.13 bits per heavy atom. The maximum atomic E-state index is 11.2. The van der Waals surface area contributed by atoms with Gasteiger partial charge in [0.25, 0.3) is 0 Å². The molecule has 2 aromatic carbocycles. The predicted molar refractivity (Wildman–Crippen MR) is 90.6 cm³/mol. The first-order valence-electron chi connectivity index (χ1n) is 6.77. The van der Waals surface area contributed by atoms with Crippen LogP contribution in [-0.4, -0.2) is 16.1 Å². The smallest absolute Gasteiger partial charge is 0.308 e. The highest BCUT2D eigenvalue weighted by atomic mass is 35.5. The number of fused-ring (bicyclic) bond motifs is 1. The number of carboxylic acid groups (broad SMARTS) is 1. The van der Waals surface area contributed by atoms with Crippen LogP contribution < -0.4 is 0 Å².